The van der Waals surface area contributed by atoms with Gasteiger partial charge < -0.3 is 10.6 Å². The van der Waals surface area contributed by atoms with Gasteiger partial charge in [0.2, 0.25) is 0 Å². The van der Waals surface area contributed by atoms with Crippen LogP contribution in [0.5, 0.6) is 0 Å². The van der Waals surface area contributed by atoms with Crippen LogP contribution < -0.4 is 10.6 Å². The average Bonchev–Trinajstić information content (AvgIpc) is 2.43. The van der Waals surface area contributed by atoms with E-state index < -0.39 is 11.6 Å². The highest BCUT2D eigenvalue weighted by atomic mass is 35.5. The number of alkyl halides is 2. The Kier molecular flexibility index (Phi) is 5.93. The van der Waals surface area contributed by atoms with Crippen molar-refractivity contribution in [2.24, 2.45) is 0 Å². The van der Waals surface area contributed by atoms with E-state index in [1.54, 1.807) is 24.3 Å². The van der Waals surface area contributed by atoms with Crippen molar-refractivity contribution in [3.05, 3.63) is 53.3 Å². The standard InChI is InChI=1S/C14H10ClF3N2S2/c15-8-1-6-12(11(16)7-8)20-14(21)19-9-2-4-10(5-3-9)22-13(17)18/h1-7,13H,(H2,19,20,21). The van der Waals surface area contributed by atoms with Crippen LogP contribution in [0.15, 0.2) is 47.4 Å². The van der Waals surface area contributed by atoms with Crippen LogP contribution in [0.25, 0.3) is 0 Å². The van der Waals surface area contributed by atoms with Crippen LogP contribution in [0.2, 0.25) is 5.02 Å². The van der Waals surface area contributed by atoms with E-state index in [2.05, 4.69) is 10.6 Å². The van der Waals surface area contributed by atoms with E-state index in [9.17, 15) is 13.2 Å². The summed E-state index contributed by atoms with van der Waals surface area (Å²) in [5.41, 5.74) is 0.789. The lowest BCUT2D eigenvalue weighted by atomic mass is 10.3. The summed E-state index contributed by atoms with van der Waals surface area (Å²) in [5.74, 6) is -2.99. The largest absolute Gasteiger partial charge is 0.332 e. The van der Waals surface area contributed by atoms with Crippen molar-refractivity contribution in [3.63, 3.8) is 0 Å². The van der Waals surface area contributed by atoms with Gasteiger partial charge in [0, 0.05) is 15.6 Å². The van der Waals surface area contributed by atoms with Crippen LogP contribution >= 0.6 is 35.6 Å². The van der Waals surface area contributed by atoms with Gasteiger partial charge in [0.05, 0.1) is 5.69 Å². The van der Waals surface area contributed by atoms with Crippen LogP contribution in [0.3, 0.4) is 0 Å². The molecule has 0 bridgehead atoms. The first-order valence-corrected chi connectivity index (χ1v) is 7.68. The van der Waals surface area contributed by atoms with Crippen molar-refractivity contribution in [2.75, 3.05) is 10.6 Å². The number of thioether (sulfide) groups is 1. The molecule has 0 aliphatic carbocycles. The molecule has 116 valence electrons. The summed E-state index contributed by atoms with van der Waals surface area (Å²) in [4.78, 5) is 0.447. The summed E-state index contributed by atoms with van der Waals surface area (Å²) < 4.78 is 38.0. The Morgan fingerprint density at radius 3 is 2.36 bits per heavy atom. The Morgan fingerprint density at radius 1 is 1.09 bits per heavy atom. The van der Waals surface area contributed by atoms with Crippen molar-refractivity contribution in [2.45, 2.75) is 10.7 Å². The number of nitrogens with one attached hydrogen (secondary N) is 2. The molecule has 0 aliphatic rings. The van der Waals surface area contributed by atoms with Gasteiger partial charge in [-0.05, 0) is 54.7 Å². The second-order valence-electron chi connectivity index (χ2n) is 4.11. The number of benzene rings is 2. The zero-order valence-corrected chi connectivity index (χ0v) is 13.3. The van der Waals surface area contributed by atoms with Crippen LogP contribution in [0, 0.1) is 5.82 Å². The maximum absolute atomic E-state index is 13.6. The molecule has 0 amide bonds. The molecule has 8 heteroatoms. The third-order valence-electron chi connectivity index (χ3n) is 2.52. The van der Waals surface area contributed by atoms with Gasteiger partial charge in [-0.2, -0.15) is 8.78 Å². The highest BCUT2D eigenvalue weighted by molar-refractivity contribution is 7.99. The predicted octanol–water partition coefficient (Wildman–Crippen LogP) is 5.60. The molecule has 0 spiro atoms. The first-order valence-electron chi connectivity index (χ1n) is 6.02. The van der Waals surface area contributed by atoms with Crippen LogP contribution in [-0.2, 0) is 0 Å². The van der Waals surface area contributed by atoms with Gasteiger partial charge >= 0.3 is 0 Å². The maximum Gasteiger partial charge on any atom is 0.288 e. The first-order chi connectivity index (χ1) is 10.4. The predicted molar refractivity (Wildman–Crippen MR) is 89.6 cm³/mol. The van der Waals surface area contributed by atoms with E-state index in [1.165, 1.54) is 18.2 Å². The summed E-state index contributed by atoms with van der Waals surface area (Å²) >= 11 is 11.2. The van der Waals surface area contributed by atoms with E-state index >= 15 is 0 Å². The van der Waals surface area contributed by atoms with E-state index in [1.807, 2.05) is 0 Å². The third kappa shape index (κ3) is 5.08. The van der Waals surface area contributed by atoms with E-state index in [0.29, 0.717) is 22.3 Å². The van der Waals surface area contributed by atoms with Gasteiger partial charge in [-0.3, -0.25) is 0 Å². The van der Waals surface area contributed by atoms with Gasteiger partial charge in [0.15, 0.2) is 5.11 Å². The highest BCUT2D eigenvalue weighted by Crippen LogP contribution is 2.26. The normalized spacial score (nSPS) is 10.6. The second-order valence-corrected chi connectivity index (χ2v) is 6.01. The molecule has 0 aromatic heterocycles. The molecule has 22 heavy (non-hydrogen) atoms. The quantitative estimate of drug-likeness (QED) is 0.546. The van der Waals surface area contributed by atoms with Gasteiger partial charge in [-0.25, -0.2) is 4.39 Å². The van der Waals surface area contributed by atoms with Crippen LogP contribution in [0.1, 0.15) is 0 Å². The first kappa shape index (κ1) is 16.9. The zero-order chi connectivity index (χ0) is 16.1. The van der Waals surface area contributed by atoms with Crippen molar-refractivity contribution in [3.8, 4) is 0 Å². The number of rotatable bonds is 4. The molecule has 0 saturated heterocycles. The SMILES string of the molecule is Fc1cc(Cl)ccc1NC(=S)Nc1ccc(SC(F)F)cc1. The lowest BCUT2D eigenvalue weighted by molar-refractivity contribution is 0.252. The molecule has 2 aromatic carbocycles. The molecule has 2 N–H and O–H groups in total. The van der Waals surface area contributed by atoms with E-state index in [0.717, 1.165) is 0 Å². The number of hydrogen-bond donors (Lipinski definition) is 2. The van der Waals surface area contributed by atoms with Crippen molar-refractivity contribution < 1.29 is 13.2 Å². The number of hydrogen-bond acceptors (Lipinski definition) is 2. The van der Waals surface area contributed by atoms with E-state index in [-0.39, 0.29) is 15.8 Å². The molecule has 2 rings (SSSR count). The van der Waals surface area contributed by atoms with Crippen LogP contribution in [0.4, 0.5) is 24.5 Å². The summed E-state index contributed by atoms with van der Waals surface area (Å²) in [6, 6.07) is 10.5. The van der Waals surface area contributed by atoms with Gasteiger partial charge in [0.1, 0.15) is 5.82 Å². The van der Waals surface area contributed by atoms with Gasteiger partial charge in [-0.15, -0.1) is 0 Å². The minimum atomic E-state index is -2.46. The summed E-state index contributed by atoms with van der Waals surface area (Å²) in [7, 11) is 0. The van der Waals surface area contributed by atoms with Crippen molar-refractivity contribution in [1.29, 1.82) is 0 Å². The molecular weight excluding hydrogens is 353 g/mol. The smallest absolute Gasteiger partial charge is 0.288 e. The molecule has 2 aromatic rings. The zero-order valence-electron chi connectivity index (χ0n) is 10.9. The molecule has 0 heterocycles. The molecule has 2 nitrogen and oxygen atoms in total. The number of thiocarbonyl (C=S) groups is 1. The molecule has 0 fully saturated rings. The minimum Gasteiger partial charge on any atom is -0.332 e. The average molecular weight is 363 g/mol. The molecule has 0 aliphatic heterocycles. The Morgan fingerprint density at radius 2 is 1.77 bits per heavy atom. The third-order valence-corrected chi connectivity index (χ3v) is 3.68. The van der Waals surface area contributed by atoms with Gasteiger partial charge in [0.25, 0.3) is 5.76 Å². The molecule has 0 saturated carbocycles. The summed E-state index contributed by atoms with van der Waals surface area (Å²) in [6.07, 6.45) is 0. The topological polar surface area (TPSA) is 24.1 Å². The maximum atomic E-state index is 13.6. The fourth-order valence-corrected chi connectivity index (χ4v) is 2.48. The lowest BCUT2D eigenvalue weighted by Crippen LogP contribution is -2.19. The summed E-state index contributed by atoms with van der Waals surface area (Å²) in [6.45, 7) is 0. The summed E-state index contributed by atoms with van der Waals surface area (Å²) in [5, 5.41) is 5.99. The van der Waals surface area contributed by atoms with Gasteiger partial charge in [-0.1, -0.05) is 23.4 Å². The number of anilines is 2. The Hall–Kier alpha value is -1.44. The molecule has 0 radical (unpaired) electrons. The molecular formula is C14H10ClF3N2S2. The fourth-order valence-electron chi connectivity index (χ4n) is 1.60. The Bertz CT molecular complexity index is 666. The number of halogens is 4. The monoisotopic (exact) mass is 362 g/mol. The Balaban J connectivity index is 1.97. The lowest BCUT2D eigenvalue weighted by Gasteiger charge is -2.11. The fraction of sp³-hybridized carbons (Fsp3) is 0.0714. The molecule has 0 unspecified atom stereocenters. The van der Waals surface area contributed by atoms with Crippen LogP contribution in [-0.4, -0.2) is 10.9 Å². The molecule has 0 atom stereocenters. The van der Waals surface area contributed by atoms with Crippen molar-refractivity contribution in [1.82, 2.24) is 0 Å². The van der Waals surface area contributed by atoms with E-state index in [4.69, 9.17) is 23.8 Å². The van der Waals surface area contributed by atoms with Crippen molar-refractivity contribution >= 4 is 52.1 Å². The Labute approximate surface area is 140 Å². The minimum absolute atomic E-state index is 0.176. The highest BCUT2D eigenvalue weighted by Gasteiger charge is 2.07. The second kappa shape index (κ2) is 7.71.